The van der Waals surface area contributed by atoms with Crippen LogP contribution in [0, 0.1) is 32.6 Å². The van der Waals surface area contributed by atoms with E-state index in [1.54, 1.807) is 6.07 Å². The molecule has 0 fully saturated rings. The molecule has 0 aliphatic carbocycles. The zero-order chi connectivity index (χ0) is 19.4. The van der Waals surface area contributed by atoms with Crippen LogP contribution in [0.1, 0.15) is 16.7 Å². The number of benzene rings is 2. The van der Waals surface area contributed by atoms with E-state index in [0.29, 0.717) is 11.3 Å². The summed E-state index contributed by atoms with van der Waals surface area (Å²) in [6.07, 6.45) is 0. The molecular formula is C22H19ClO4. The predicted octanol–water partition coefficient (Wildman–Crippen LogP) is 4.83. The molecule has 3 aromatic rings. The minimum absolute atomic E-state index is 0.147. The molecule has 1 aromatic heterocycles. The fourth-order valence-electron chi connectivity index (χ4n) is 2.69. The molecule has 0 bridgehead atoms. The van der Waals surface area contributed by atoms with Gasteiger partial charge in [-0.3, -0.25) is 0 Å². The van der Waals surface area contributed by atoms with Crippen LogP contribution >= 0.6 is 11.6 Å². The molecule has 0 unspecified atom stereocenters. The van der Waals surface area contributed by atoms with Crippen molar-refractivity contribution in [1.82, 2.24) is 0 Å². The first-order chi connectivity index (χ1) is 12.9. The Hall–Kier alpha value is -2.90. The second-order valence-electron chi connectivity index (χ2n) is 6.23. The zero-order valence-corrected chi connectivity index (χ0v) is 16.1. The van der Waals surface area contributed by atoms with Crippen molar-refractivity contribution in [3.8, 4) is 23.3 Å². The summed E-state index contributed by atoms with van der Waals surface area (Å²) < 4.78 is 16.5. The Morgan fingerprint density at radius 3 is 2.33 bits per heavy atom. The van der Waals surface area contributed by atoms with Gasteiger partial charge in [-0.1, -0.05) is 35.1 Å². The molecule has 0 N–H and O–H groups in total. The highest BCUT2D eigenvalue weighted by Crippen LogP contribution is 2.26. The van der Waals surface area contributed by atoms with Gasteiger partial charge in [0.25, 0.3) is 0 Å². The van der Waals surface area contributed by atoms with Crippen molar-refractivity contribution in [3.05, 3.63) is 68.5 Å². The van der Waals surface area contributed by atoms with Crippen LogP contribution in [0.3, 0.4) is 0 Å². The number of ether oxygens (including phenoxy) is 2. The van der Waals surface area contributed by atoms with Crippen LogP contribution in [0.5, 0.6) is 11.5 Å². The second kappa shape index (κ2) is 8.20. The molecule has 138 valence electrons. The average molecular weight is 383 g/mol. The molecule has 5 heteroatoms. The summed E-state index contributed by atoms with van der Waals surface area (Å²) in [5.41, 5.74) is 3.02. The first-order valence-electron chi connectivity index (χ1n) is 8.46. The van der Waals surface area contributed by atoms with E-state index in [1.807, 2.05) is 45.0 Å². The summed E-state index contributed by atoms with van der Waals surface area (Å²) in [5, 5.41) is 1.50. The Bertz CT molecular complexity index is 1080. The summed E-state index contributed by atoms with van der Waals surface area (Å²) in [7, 11) is 0. The Labute approximate surface area is 162 Å². The Kier molecular flexibility index (Phi) is 5.73. The Morgan fingerprint density at radius 1 is 0.963 bits per heavy atom. The van der Waals surface area contributed by atoms with Gasteiger partial charge in [-0.25, -0.2) is 4.79 Å². The van der Waals surface area contributed by atoms with E-state index in [-0.39, 0.29) is 13.2 Å². The van der Waals surface area contributed by atoms with Gasteiger partial charge in [0, 0.05) is 5.02 Å². The lowest BCUT2D eigenvalue weighted by molar-refractivity contribution is 0.362. The predicted molar refractivity (Wildman–Crippen MR) is 107 cm³/mol. The van der Waals surface area contributed by atoms with Gasteiger partial charge in [-0.05, 0) is 56.2 Å². The molecule has 0 saturated heterocycles. The van der Waals surface area contributed by atoms with Crippen LogP contribution in [0.4, 0.5) is 0 Å². The molecular weight excluding hydrogens is 364 g/mol. The quantitative estimate of drug-likeness (QED) is 0.479. The standard InChI is InChI=1S/C22H19ClO4/c1-14-6-7-19-18(10-14)20(13-21(24)27-19)26-9-5-4-8-25-17-11-15(2)22(23)16(3)12-17/h6-7,10-13H,8-9H2,1-3H3. The van der Waals surface area contributed by atoms with E-state index < -0.39 is 5.63 Å². The number of halogens is 1. The fourth-order valence-corrected chi connectivity index (χ4v) is 2.80. The van der Waals surface area contributed by atoms with Crippen LogP contribution in [-0.4, -0.2) is 13.2 Å². The van der Waals surface area contributed by atoms with Gasteiger partial charge in [0.05, 0.1) is 11.5 Å². The normalized spacial score (nSPS) is 10.4. The van der Waals surface area contributed by atoms with Crippen LogP contribution in [0.2, 0.25) is 5.02 Å². The summed E-state index contributed by atoms with van der Waals surface area (Å²) in [6, 6.07) is 10.6. The van der Waals surface area contributed by atoms with Gasteiger partial charge in [-0.15, -0.1) is 0 Å². The van der Waals surface area contributed by atoms with Crippen molar-refractivity contribution >= 4 is 22.6 Å². The number of hydrogen-bond donors (Lipinski definition) is 0. The van der Waals surface area contributed by atoms with E-state index in [4.69, 9.17) is 25.5 Å². The minimum Gasteiger partial charge on any atom is -0.481 e. The molecule has 1 heterocycles. The van der Waals surface area contributed by atoms with Gasteiger partial charge < -0.3 is 13.9 Å². The Morgan fingerprint density at radius 2 is 1.63 bits per heavy atom. The van der Waals surface area contributed by atoms with Crippen molar-refractivity contribution in [2.75, 3.05) is 13.2 Å². The molecule has 0 radical (unpaired) electrons. The van der Waals surface area contributed by atoms with Crippen molar-refractivity contribution in [2.45, 2.75) is 20.8 Å². The van der Waals surface area contributed by atoms with Crippen molar-refractivity contribution in [1.29, 1.82) is 0 Å². The minimum atomic E-state index is -0.453. The topological polar surface area (TPSA) is 48.7 Å². The lowest BCUT2D eigenvalue weighted by Crippen LogP contribution is -2.02. The van der Waals surface area contributed by atoms with E-state index in [0.717, 1.165) is 32.8 Å². The highest BCUT2D eigenvalue weighted by Gasteiger charge is 2.06. The summed E-state index contributed by atoms with van der Waals surface area (Å²) in [6.45, 7) is 6.22. The SMILES string of the molecule is Cc1ccc2oc(=O)cc(OCC#CCOc3cc(C)c(Cl)c(C)c3)c2c1. The molecule has 4 nitrogen and oxygen atoms in total. The molecule has 0 atom stereocenters. The number of aryl methyl sites for hydroxylation is 3. The van der Waals surface area contributed by atoms with Gasteiger partial charge in [0.15, 0.2) is 0 Å². The van der Waals surface area contributed by atoms with Gasteiger partial charge in [0.2, 0.25) is 0 Å². The average Bonchev–Trinajstić information content (AvgIpc) is 2.62. The zero-order valence-electron chi connectivity index (χ0n) is 15.4. The maximum atomic E-state index is 11.6. The van der Waals surface area contributed by atoms with E-state index in [2.05, 4.69) is 11.8 Å². The molecule has 3 rings (SSSR count). The lowest BCUT2D eigenvalue weighted by Gasteiger charge is -2.07. The molecule has 0 aliphatic rings. The third kappa shape index (κ3) is 4.64. The highest BCUT2D eigenvalue weighted by molar-refractivity contribution is 6.32. The number of rotatable bonds is 4. The third-order valence-corrected chi connectivity index (χ3v) is 4.60. The first-order valence-corrected chi connectivity index (χ1v) is 8.84. The fraction of sp³-hybridized carbons (Fsp3) is 0.227. The first kappa shape index (κ1) is 18.9. The van der Waals surface area contributed by atoms with Crippen molar-refractivity contribution in [2.24, 2.45) is 0 Å². The Balaban J connectivity index is 1.62. The van der Waals surface area contributed by atoms with Crippen LogP contribution < -0.4 is 15.1 Å². The second-order valence-corrected chi connectivity index (χ2v) is 6.61. The van der Waals surface area contributed by atoms with Crippen LogP contribution in [-0.2, 0) is 0 Å². The van der Waals surface area contributed by atoms with E-state index in [9.17, 15) is 4.79 Å². The monoisotopic (exact) mass is 382 g/mol. The highest BCUT2D eigenvalue weighted by atomic mass is 35.5. The molecule has 0 amide bonds. The van der Waals surface area contributed by atoms with Gasteiger partial charge in [-0.2, -0.15) is 0 Å². The molecule has 2 aromatic carbocycles. The molecule has 0 spiro atoms. The van der Waals surface area contributed by atoms with Gasteiger partial charge in [0.1, 0.15) is 30.3 Å². The number of hydrogen-bond acceptors (Lipinski definition) is 4. The van der Waals surface area contributed by atoms with Gasteiger partial charge >= 0.3 is 5.63 Å². The molecule has 0 saturated carbocycles. The summed E-state index contributed by atoms with van der Waals surface area (Å²) in [5.74, 6) is 6.98. The smallest absolute Gasteiger partial charge is 0.339 e. The number of fused-ring (bicyclic) bond motifs is 1. The molecule has 0 aliphatic heterocycles. The lowest BCUT2D eigenvalue weighted by atomic mass is 10.1. The summed E-state index contributed by atoms with van der Waals surface area (Å²) in [4.78, 5) is 11.6. The third-order valence-electron chi connectivity index (χ3n) is 4.01. The maximum Gasteiger partial charge on any atom is 0.339 e. The van der Waals surface area contributed by atoms with Crippen LogP contribution in [0.25, 0.3) is 11.0 Å². The maximum absolute atomic E-state index is 11.6. The van der Waals surface area contributed by atoms with Crippen molar-refractivity contribution < 1.29 is 13.9 Å². The van der Waals surface area contributed by atoms with Crippen molar-refractivity contribution in [3.63, 3.8) is 0 Å². The van der Waals surface area contributed by atoms with E-state index in [1.165, 1.54) is 6.07 Å². The van der Waals surface area contributed by atoms with Crippen LogP contribution in [0.15, 0.2) is 45.6 Å². The largest absolute Gasteiger partial charge is 0.481 e. The van der Waals surface area contributed by atoms with E-state index >= 15 is 0 Å². The summed E-state index contributed by atoms with van der Waals surface area (Å²) >= 11 is 6.14. The molecule has 27 heavy (non-hydrogen) atoms.